The van der Waals surface area contributed by atoms with Crippen molar-refractivity contribution in [3.63, 3.8) is 0 Å². The van der Waals surface area contributed by atoms with Gasteiger partial charge in [0.2, 0.25) is 0 Å². The number of carbonyl (C=O) groups is 1. The summed E-state index contributed by atoms with van der Waals surface area (Å²) in [6.07, 6.45) is 0.872. The third-order valence-electron chi connectivity index (χ3n) is 4.65. The van der Waals surface area contributed by atoms with Crippen molar-refractivity contribution in [2.24, 2.45) is 7.05 Å². The molecule has 158 valence electrons. The number of nitrogens with zero attached hydrogens (tertiary/aromatic N) is 3. The average molecular weight is 445 g/mol. The minimum absolute atomic E-state index is 0.128. The molecule has 0 unspecified atom stereocenters. The third-order valence-corrected chi connectivity index (χ3v) is 6.00. The molecule has 30 heavy (non-hydrogen) atoms. The van der Waals surface area contributed by atoms with Crippen molar-refractivity contribution in [3.8, 4) is 0 Å². The Morgan fingerprint density at radius 2 is 1.93 bits per heavy atom. The van der Waals surface area contributed by atoms with E-state index in [9.17, 15) is 9.59 Å². The van der Waals surface area contributed by atoms with Crippen molar-refractivity contribution in [1.82, 2.24) is 19.8 Å². The molecule has 2 aromatic carbocycles. The van der Waals surface area contributed by atoms with Gasteiger partial charge in [0, 0.05) is 29.9 Å². The van der Waals surface area contributed by atoms with E-state index < -0.39 is 0 Å². The van der Waals surface area contributed by atoms with Crippen LogP contribution in [-0.2, 0) is 12.8 Å². The number of hydrogen-bond acceptors (Lipinski definition) is 5. The molecular weight excluding hydrogens is 420 g/mol. The number of benzene rings is 2. The molecule has 0 aliphatic carbocycles. The van der Waals surface area contributed by atoms with Gasteiger partial charge in [-0.3, -0.25) is 14.2 Å². The predicted octanol–water partition coefficient (Wildman–Crippen LogP) is 3.56. The zero-order valence-electron chi connectivity index (χ0n) is 17.3. The van der Waals surface area contributed by atoms with Crippen molar-refractivity contribution >= 4 is 40.2 Å². The highest BCUT2D eigenvalue weighted by Crippen LogP contribution is 2.23. The fourth-order valence-electron chi connectivity index (χ4n) is 2.95. The van der Waals surface area contributed by atoms with Crippen molar-refractivity contribution in [2.45, 2.75) is 17.3 Å². The second kappa shape index (κ2) is 10.1. The third kappa shape index (κ3) is 5.62. The topological polar surface area (TPSA) is 67.2 Å². The Labute approximate surface area is 185 Å². The lowest BCUT2D eigenvalue weighted by Crippen LogP contribution is -2.27. The van der Waals surface area contributed by atoms with E-state index in [0.29, 0.717) is 38.9 Å². The average Bonchev–Trinajstić information content (AvgIpc) is 2.73. The van der Waals surface area contributed by atoms with Crippen LogP contribution in [0.3, 0.4) is 0 Å². The lowest BCUT2D eigenvalue weighted by atomic mass is 10.1. The molecular formula is C22H25ClN4O2S. The molecule has 0 aliphatic rings. The van der Waals surface area contributed by atoms with Crippen LogP contribution in [0.1, 0.15) is 22.3 Å². The van der Waals surface area contributed by atoms with Crippen molar-refractivity contribution in [1.29, 1.82) is 0 Å². The molecule has 0 saturated carbocycles. The zero-order valence-corrected chi connectivity index (χ0v) is 18.9. The van der Waals surface area contributed by atoms with Crippen molar-refractivity contribution < 1.29 is 4.79 Å². The van der Waals surface area contributed by atoms with Crippen LogP contribution in [0.15, 0.2) is 52.4 Å². The Morgan fingerprint density at radius 1 is 1.20 bits per heavy atom. The van der Waals surface area contributed by atoms with Gasteiger partial charge < -0.3 is 10.2 Å². The summed E-state index contributed by atoms with van der Waals surface area (Å²) < 4.78 is 1.55. The molecule has 3 rings (SSSR count). The van der Waals surface area contributed by atoms with Crippen LogP contribution in [0.4, 0.5) is 0 Å². The molecule has 1 aromatic heterocycles. The largest absolute Gasteiger partial charge is 0.352 e. The maximum absolute atomic E-state index is 12.7. The maximum atomic E-state index is 12.7. The van der Waals surface area contributed by atoms with E-state index in [1.54, 1.807) is 29.8 Å². The highest BCUT2D eigenvalue weighted by atomic mass is 35.5. The monoisotopic (exact) mass is 444 g/mol. The number of carbonyl (C=O) groups excluding carboxylic acids is 1. The fourth-order valence-corrected chi connectivity index (χ4v) is 4.00. The minimum atomic E-state index is -0.159. The van der Waals surface area contributed by atoms with E-state index in [0.717, 1.165) is 18.5 Å². The van der Waals surface area contributed by atoms with Gasteiger partial charge in [-0.1, -0.05) is 35.5 Å². The van der Waals surface area contributed by atoms with Gasteiger partial charge in [-0.25, -0.2) is 4.98 Å². The second-order valence-corrected chi connectivity index (χ2v) is 8.70. The molecule has 0 spiro atoms. The molecule has 8 heteroatoms. The Morgan fingerprint density at radius 3 is 2.63 bits per heavy atom. The van der Waals surface area contributed by atoms with Gasteiger partial charge in [-0.05, 0) is 63.0 Å². The number of fused-ring (bicyclic) bond motifs is 1. The van der Waals surface area contributed by atoms with Gasteiger partial charge in [0.05, 0.1) is 10.9 Å². The molecule has 0 saturated heterocycles. The van der Waals surface area contributed by atoms with Crippen LogP contribution in [0.5, 0.6) is 0 Å². The van der Waals surface area contributed by atoms with Crippen LogP contribution in [0.2, 0.25) is 5.02 Å². The standard InChI is InChI=1S/C22H25ClN4O2S/c1-26(2)12-4-11-24-20(28)16-7-10-18-19(13-16)25-22(27(3)21(18)29)30-14-15-5-8-17(23)9-6-15/h5-10,13H,4,11-12,14H2,1-3H3,(H,24,28). The molecule has 1 amide bonds. The molecule has 0 bridgehead atoms. The summed E-state index contributed by atoms with van der Waals surface area (Å²) in [6, 6.07) is 12.6. The number of amides is 1. The summed E-state index contributed by atoms with van der Waals surface area (Å²) in [6.45, 7) is 1.50. The number of aromatic nitrogens is 2. The predicted molar refractivity (Wildman–Crippen MR) is 124 cm³/mol. The number of rotatable bonds is 8. The van der Waals surface area contributed by atoms with Gasteiger partial charge in [0.15, 0.2) is 5.16 Å². The van der Waals surface area contributed by atoms with Gasteiger partial charge in [0.1, 0.15) is 0 Å². The Bertz CT molecular complexity index is 1100. The lowest BCUT2D eigenvalue weighted by molar-refractivity contribution is 0.0952. The van der Waals surface area contributed by atoms with Crippen LogP contribution >= 0.6 is 23.4 Å². The molecule has 6 nitrogen and oxygen atoms in total. The summed E-state index contributed by atoms with van der Waals surface area (Å²) in [7, 11) is 5.71. The number of hydrogen-bond donors (Lipinski definition) is 1. The number of halogens is 1. The SMILES string of the molecule is CN(C)CCCNC(=O)c1ccc2c(=O)n(C)c(SCc3ccc(Cl)cc3)nc2c1. The Kier molecular flexibility index (Phi) is 7.53. The molecule has 0 aliphatic heterocycles. The van der Waals surface area contributed by atoms with Crippen LogP contribution in [0, 0.1) is 0 Å². The van der Waals surface area contributed by atoms with E-state index in [4.69, 9.17) is 11.6 Å². The molecule has 0 fully saturated rings. The highest BCUT2D eigenvalue weighted by molar-refractivity contribution is 7.98. The summed E-state index contributed by atoms with van der Waals surface area (Å²) in [5.74, 6) is 0.503. The van der Waals surface area contributed by atoms with E-state index in [1.165, 1.54) is 11.8 Å². The zero-order chi connectivity index (χ0) is 21.7. The smallest absolute Gasteiger partial charge is 0.261 e. The second-order valence-electron chi connectivity index (χ2n) is 7.32. The Hall–Kier alpha value is -2.35. The van der Waals surface area contributed by atoms with E-state index in [-0.39, 0.29) is 11.5 Å². The first-order valence-electron chi connectivity index (χ1n) is 9.66. The first-order chi connectivity index (χ1) is 14.3. The van der Waals surface area contributed by atoms with Gasteiger partial charge >= 0.3 is 0 Å². The minimum Gasteiger partial charge on any atom is -0.352 e. The quantitative estimate of drug-likeness (QED) is 0.327. The van der Waals surface area contributed by atoms with Crippen LogP contribution in [0.25, 0.3) is 10.9 Å². The highest BCUT2D eigenvalue weighted by Gasteiger charge is 2.12. The van der Waals surface area contributed by atoms with Crippen LogP contribution < -0.4 is 10.9 Å². The lowest BCUT2D eigenvalue weighted by Gasteiger charge is -2.11. The van der Waals surface area contributed by atoms with E-state index in [2.05, 4.69) is 15.2 Å². The molecule has 0 radical (unpaired) electrons. The molecule has 0 atom stereocenters. The van der Waals surface area contributed by atoms with Gasteiger partial charge in [-0.15, -0.1) is 0 Å². The summed E-state index contributed by atoms with van der Waals surface area (Å²) in [5, 5.41) is 4.71. The molecule has 3 aromatic rings. The molecule has 1 heterocycles. The van der Waals surface area contributed by atoms with Gasteiger partial charge in [-0.2, -0.15) is 0 Å². The van der Waals surface area contributed by atoms with Gasteiger partial charge in [0.25, 0.3) is 11.5 Å². The Balaban J connectivity index is 1.78. The first-order valence-corrected chi connectivity index (χ1v) is 11.0. The fraction of sp³-hybridized carbons (Fsp3) is 0.318. The van der Waals surface area contributed by atoms with E-state index >= 15 is 0 Å². The normalized spacial score (nSPS) is 11.2. The first kappa shape index (κ1) is 22.3. The molecule has 1 N–H and O–H groups in total. The van der Waals surface area contributed by atoms with Crippen molar-refractivity contribution in [3.05, 3.63) is 69.0 Å². The summed E-state index contributed by atoms with van der Waals surface area (Å²) in [4.78, 5) is 31.9. The number of nitrogens with one attached hydrogen (secondary N) is 1. The van der Waals surface area contributed by atoms with Crippen molar-refractivity contribution in [2.75, 3.05) is 27.2 Å². The summed E-state index contributed by atoms with van der Waals surface area (Å²) >= 11 is 7.41. The number of thioether (sulfide) groups is 1. The summed E-state index contributed by atoms with van der Waals surface area (Å²) in [5.41, 5.74) is 1.99. The maximum Gasteiger partial charge on any atom is 0.261 e. The van der Waals surface area contributed by atoms with Crippen LogP contribution in [-0.4, -0.2) is 47.5 Å². The van der Waals surface area contributed by atoms with E-state index in [1.807, 2.05) is 38.4 Å².